The van der Waals surface area contributed by atoms with Gasteiger partial charge in [0.05, 0.1) is 24.8 Å². The quantitative estimate of drug-likeness (QED) is 0.310. The lowest BCUT2D eigenvalue weighted by Crippen LogP contribution is -2.61. The van der Waals surface area contributed by atoms with Crippen LogP contribution < -0.4 is 5.32 Å². The maximum absolute atomic E-state index is 13.0. The predicted octanol–water partition coefficient (Wildman–Crippen LogP) is 7.50. The standard InChI is InChI=1S/C38H60F3N3O5/c1-21(2)31(49-33(46)43(7)8)27-15-22(3)30-26(47-27)16-25-24-9-10-28-34(4,5)29(11-12-37(28)19-36(24,37)14-13-35(25,30)6)48-32(45)42-23-17-44(18-23)20-38(39,40)41/h21-31H,9-20H2,1-8H3,(H,42,45)/t22-,24?,25?,26?,27?,28+,29+,30+,31-,35+,36+,37?/m1/s1. The minimum atomic E-state index is -4.23. The summed E-state index contributed by atoms with van der Waals surface area (Å²) in [5.74, 6) is 2.99. The fourth-order valence-corrected chi connectivity index (χ4v) is 13.5. The lowest BCUT2D eigenvalue weighted by atomic mass is 9.46. The average Bonchev–Trinajstić information content (AvgIpc) is 3.54. The van der Waals surface area contributed by atoms with E-state index in [0.717, 1.165) is 32.1 Å². The third-order valence-corrected chi connectivity index (χ3v) is 15.4. The van der Waals surface area contributed by atoms with Crippen molar-refractivity contribution in [1.29, 1.82) is 0 Å². The van der Waals surface area contributed by atoms with Crippen molar-refractivity contribution in [1.82, 2.24) is 15.1 Å². The fraction of sp³-hybridized carbons (Fsp3) is 0.947. The highest BCUT2D eigenvalue weighted by Gasteiger charge is 2.81. The Morgan fingerprint density at radius 3 is 2.37 bits per heavy atom. The second-order valence-electron chi connectivity index (χ2n) is 18.9. The van der Waals surface area contributed by atoms with Crippen molar-refractivity contribution in [3.05, 3.63) is 0 Å². The van der Waals surface area contributed by atoms with Crippen LogP contribution in [0.1, 0.15) is 99.3 Å². The molecule has 7 fully saturated rings. The van der Waals surface area contributed by atoms with Gasteiger partial charge in [-0.05, 0) is 110 Å². The number of hydrogen-bond donors (Lipinski definition) is 1. The van der Waals surface area contributed by atoms with E-state index >= 15 is 0 Å². The summed E-state index contributed by atoms with van der Waals surface area (Å²) in [5.41, 5.74) is 0.739. The lowest BCUT2D eigenvalue weighted by Gasteiger charge is -2.59. The molecule has 1 N–H and O–H groups in total. The number of fused-ring (bicyclic) bond motifs is 4. The number of nitrogens with zero attached hydrogens (tertiary/aromatic N) is 2. The number of amides is 2. The van der Waals surface area contributed by atoms with Crippen LogP contribution in [0.25, 0.3) is 0 Å². The number of rotatable bonds is 6. The van der Waals surface area contributed by atoms with Crippen LogP contribution >= 0.6 is 0 Å². The summed E-state index contributed by atoms with van der Waals surface area (Å²) < 4.78 is 57.2. The molecule has 7 aliphatic rings. The van der Waals surface area contributed by atoms with E-state index in [9.17, 15) is 22.8 Å². The molecule has 5 aliphatic carbocycles. The Kier molecular flexibility index (Phi) is 8.65. The SMILES string of the molecule is CC(C)[C@@H](OC(=O)N(C)C)C1C[C@@H](C)[C@H]2C(CC3C4CC[C@H]5C(C)(C)[C@@H](OC(=O)NC6CN(CC(F)(F)F)C6)CCC56C[C@@]46CC[C@@]32C)O1. The van der Waals surface area contributed by atoms with Crippen molar-refractivity contribution < 1.29 is 37.0 Å². The van der Waals surface area contributed by atoms with E-state index in [1.54, 1.807) is 14.1 Å². The first-order valence-electron chi connectivity index (χ1n) is 19.1. The average molecular weight is 696 g/mol. The Balaban J connectivity index is 1.01. The lowest BCUT2D eigenvalue weighted by molar-refractivity contribution is -0.166. The second-order valence-corrected chi connectivity index (χ2v) is 18.9. The van der Waals surface area contributed by atoms with Crippen LogP contribution in [-0.4, -0.2) is 92.3 Å². The van der Waals surface area contributed by atoms with Crippen molar-refractivity contribution in [2.45, 2.75) is 136 Å². The van der Waals surface area contributed by atoms with Gasteiger partial charge in [-0.25, -0.2) is 9.59 Å². The van der Waals surface area contributed by atoms with E-state index in [4.69, 9.17) is 14.2 Å². The van der Waals surface area contributed by atoms with Gasteiger partial charge < -0.3 is 24.4 Å². The van der Waals surface area contributed by atoms with E-state index in [-0.39, 0.29) is 66.4 Å². The van der Waals surface area contributed by atoms with Gasteiger partial charge in [0.2, 0.25) is 0 Å². The fourth-order valence-electron chi connectivity index (χ4n) is 13.5. The number of alkyl halides is 3. The Hall–Kier alpha value is -1.75. The molecule has 0 radical (unpaired) electrons. The van der Waals surface area contributed by atoms with Gasteiger partial charge in [0, 0.05) is 32.6 Å². The maximum atomic E-state index is 13.0. The molecule has 2 aliphatic heterocycles. The predicted molar refractivity (Wildman–Crippen MR) is 179 cm³/mol. The van der Waals surface area contributed by atoms with Crippen LogP contribution in [0.3, 0.4) is 0 Å². The van der Waals surface area contributed by atoms with Gasteiger partial charge in [-0.15, -0.1) is 0 Å². The Morgan fingerprint density at radius 2 is 1.71 bits per heavy atom. The summed E-state index contributed by atoms with van der Waals surface area (Å²) in [6, 6.07) is -0.298. The number of hydrogen-bond acceptors (Lipinski definition) is 6. The zero-order valence-corrected chi connectivity index (χ0v) is 30.9. The molecule has 2 spiro atoms. The molecule has 0 bridgehead atoms. The van der Waals surface area contributed by atoms with Crippen molar-refractivity contribution in [3.8, 4) is 0 Å². The number of alkyl carbamates (subject to hydrolysis) is 1. The normalized spacial score (nSPS) is 44.7. The highest BCUT2D eigenvalue weighted by atomic mass is 19.4. The van der Waals surface area contributed by atoms with E-state index in [1.807, 2.05) is 0 Å². The van der Waals surface area contributed by atoms with E-state index in [1.165, 1.54) is 35.5 Å². The largest absolute Gasteiger partial charge is 0.446 e. The number of ether oxygens (including phenoxy) is 3. The van der Waals surface area contributed by atoms with Crippen molar-refractivity contribution in [3.63, 3.8) is 0 Å². The molecule has 0 aromatic heterocycles. The van der Waals surface area contributed by atoms with E-state index < -0.39 is 18.8 Å². The highest BCUT2D eigenvalue weighted by molar-refractivity contribution is 5.68. The molecular weight excluding hydrogens is 635 g/mol. The van der Waals surface area contributed by atoms with E-state index in [0.29, 0.717) is 40.4 Å². The molecule has 5 saturated carbocycles. The Morgan fingerprint density at radius 1 is 1.00 bits per heavy atom. The maximum Gasteiger partial charge on any atom is 0.409 e. The number of halogens is 3. The molecule has 8 nitrogen and oxygen atoms in total. The summed E-state index contributed by atoms with van der Waals surface area (Å²) in [7, 11) is 3.46. The molecule has 2 amide bonds. The third-order valence-electron chi connectivity index (χ3n) is 15.4. The first-order chi connectivity index (χ1) is 22.8. The summed E-state index contributed by atoms with van der Waals surface area (Å²) >= 11 is 0. The van der Waals surface area contributed by atoms with Crippen molar-refractivity contribution in [2.24, 2.45) is 57.2 Å². The van der Waals surface area contributed by atoms with Crippen molar-refractivity contribution >= 4 is 12.2 Å². The van der Waals surface area contributed by atoms with Crippen LogP contribution in [0.5, 0.6) is 0 Å². The zero-order valence-electron chi connectivity index (χ0n) is 30.9. The minimum Gasteiger partial charge on any atom is -0.446 e. The van der Waals surface area contributed by atoms with Crippen molar-refractivity contribution in [2.75, 3.05) is 33.7 Å². The zero-order chi connectivity index (χ0) is 35.5. The molecule has 7 rings (SSSR count). The molecule has 5 unspecified atom stereocenters. The number of likely N-dealkylation sites (tertiary alicyclic amines) is 1. The molecule has 0 aromatic rings. The van der Waals surface area contributed by atoms with Gasteiger partial charge in [-0.2, -0.15) is 13.2 Å². The molecule has 2 heterocycles. The van der Waals surface area contributed by atoms with Crippen LogP contribution in [0.15, 0.2) is 0 Å². The molecular formula is C38H60F3N3O5. The molecule has 49 heavy (non-hydrogen) atoms. The topological polar surface area (TPSA) is 80.3 Å². The van der Waals surface area contributed by atoms with Gasteiger partial charge in [-0.3, -0.25) is 4.90 Å². The number of carbonyl (C=O) groups is 2. The smallest absolute Gasteiger partial charge is 0.409 e. The van der Waals surface area contributed by atoms with Gasteiger partial charge in [-0.1, -0.05) is 41.5 Å². The van der Waals surface area contributed by atoms with E-state index in [2.05, 4.69) is 46.9 Å². The summed E-state index contributed by atoms with van der Waals surface area (Å²) in [6.45, 7) is 13.3. The van der Waals surface area contributed by atoms with Gasteiger partial charge in [0.15, 0.2) is 0 Å². The van der Waals surface area contributed by atoms with Gasteiger partial charge >= 0.3 is 18.4 Å². The van der Waals surface area contributed by atoms with Crippen LogP contribution in [0.2, 0.25) is 0 Å². The minimum absolute atomic E-state index is 0.0859. The van der Waals surface area contributed by atoms with Gasteiger partial charge in [0.1, 0.15) is 12.2 Å². The first-order valence-corrected chi connectivity index (χ1v) is 19.1. The van der Waals surface area contributed by atoms with Crippen LogP contribution in [0, 0.1) is 57.2 Å². The molecule has 2 saturated heterocycles. The van der Waals surface area contributed by atoms with Crippen LogP contribution in [0.4, 0.5) is 22.8 Å². The first kappa shape index (κ1) is 35.6. The van der Waals surface area contributed by atoms with Gasteiger partial charge in [0.25, 0.3) is 0 Å². The highest BCUT2D eigenvalue weighted by Crippen LogP contribution is 2.87. The molecule has 0 aromatic carbocycles. The molecule has 278 valence electrons. The summed E-state index contributed by atoms with van der Waals surface area (Å²) in [4.78, 5) is 28.3. The number of carbonyl (C=O) groups excluding carboxylic acids is 2. The van der Waals surface area contributed by atoms with Crippen LogP contribution in [-0.2, 0) is 14.2 Å². The Labute approximate surface area is 290 Å². The molecule has 12 atom stereocenters. The number of nitrogens with one attached hydrogen (secondary N) is 1. The monoisotopic (exact) mass is 695 g/mol. The second kappa shape index (κ2) is 11.9. The summed E-state index contributed by atoms with van der Waals surface area (Å²) in [6.07, 6.45) is 4.71. The molecule has 11 heteroatoms. The summed E-state index contributed by atoms with van der Waals surface area (Å²) in [5, 5.41) is 2.83. The Bertz CT molecular complexity index is 1300. The third kappa shape index (κ3) is 5.68.